The van der Waals surface area contributed by atoms with Gasteiger partial charge in [0, 0.05) is 0 Å². The lowest BCUT2D eigenvalue weighted by Crippen LogP contribution is -2.29. The van der Waals surface area contributed by atoms with Gasteiger partial charge < -0.3 is 9.97 Å². The van der Waals surface area contributed by atoms with Crippen LogP contribution >= 0.6 is 22.6 Å². The molecule has 0 bridgehead atoms. The molecule has 9 heteroatoms. The molecule has 2 rings (SSSR count). The average Bonchev–Trinajstić information content (AvgIpc) is 2.23. The molecule has 0 radical (unpaired) electrons. The van der Waals surface area contributed by atoms with Gasteiger partial charge in [-0.25, -0.2) is 0 Å². The molecular formula is C8H3FIN3O4. The molecule has 17 heavy (non-hydrogen) atoms. The van der Waals surface area contributed by atoms with E-state index in [2.05, 4.69) is 4.98 Å². The van der Waals surface area contributed by atoms with Crippen LogP contribution in [0.2, 0.25) is 0 Å². The van der Waals surface area contributed by atoms with Crippen LogP contribution in [-0.4, -0.2) is 14.9 Å². The van der Waals surface area contributed by atoms with Gasteiger partial charge in [-0.15, -0.1) is 0 Å². The minimum Gasteiger partial charge on any atom is -0.316 e. The van der Waals surface area contributed by atoms with Crippen molar-refractivity contribution in [3.8, 4) is 0 Å². The number of benzene rings is 1. The third-order valence-electron chi connectivity index (χ3n) is 2.07. The lowest BCUT2D eigenvalue weighted by molar-refractivity contribution is -0.386. The van der Waals surface area contributed by atoms with E-state index < -0.39 is 27.5 Å². The van der Waals surface area contributed by atoms with Crippen molar-refractivity contribution in [2.24, 2.45) is 0 Å². The van der Waals surface area contributed by atoms with Crippen LogP contribution < -0.4 is 11.1 Å². The fourth-order valence-electron chi connectivity index (χ4n) is 1.36. The highest BCUT2D eigenvalue weighted by Crippen LogP contribution is 2.28. The van der Waals surface area contributed by atoms with Crippen LogP contribution in [0.5, 0.6) is 0 Å². The monoisotopic (exact) mass is 351 g/mol. The molecule has 0 aliphatic carbocycles. The Kier molecular flexibility index (Phi) is 2.69. The number of H-pyrrole nitrogens is 2. The Morgan fingerprint density at radius 1 is 1.29 bits per heavy atom. The topological polar surface area (TPSA) is 109 Å². The molecule has 2 aromatic rings. The van der Waals surface area contributed by atoms with E-state index in [0.29, 0.717) is 0 Å². The summed E-state index contributed by atoms with van der Waals surface area (Å²) < 4.78 is 13.5. The number of nitro groups is 1. The molecular weight excluding hydrogens is 348 g/mol. The number of halogens is 2. The number of rotatable bonds is 1. The third kappa shape index (κ3) is 1.81. The standard InChI is InChI=1S/C8H3FIN3O4/c9-4-2(10)1-3-5(6(4)13(16)17)12-8(15)7(14)11-3/h1H,(H,11,14)(H,12,15). The van der Waals surface area contributed by atoms with Crippen LogP contribution in [-0.2, 0) is 0 Å². The Labute approximate surface area is 105 Å². The molecule has 88 valence electrons. The van der Waals surface area contributed by atoms with E-state index in [-0.39, 0.29) is 14.6 Å². The van der Waals surface area contributed by atoms with Crippen molar-refractivity contribution in [3.05, 3.63) is 46.3 Å². The summed E-state index contributed by atoms with van der Waals surface area (Å²) >= 11 is 1.56. The maximum absolute atomic E-state index is 13.6. The van der Waals surface area contributed by atoms with Crippen LogP contribution in [0.4, 0.5) is 10.1 Å². The average molecular weight is 351 g/mol. The van der Waals surface area contributed by atoms with Gasteiger partial charge in [0.25, 0.3) is 0 Å². The van der Waals surface area contributed by atoms with E-state index in [1.807, 2.05) is 4.98 Å². The molecule has 0 fully saturated rings. The molecule has 0 atom stereocenters. The van der Waals surface area contributed by atoms with Gasteiger partial charge in [-0.05, 0) is 28.7 Å². The van der Waals surface area contributed by atoms with E-state index in [4.69, 9.17) is 0 Å². The molecule has 1 heterocycles. The minimum absolute atomic E-state index is 0.00657. The molecule has 1 aromatic heterocycles. The second-order valence-corrected chi connectivity index (χ2v) is 4.27. The fraction of sp³-hybridized carbons (Fsp3) is 0. The molecule has 0 saturated heterocycles. The molecule has 7 nitrogen and oxygen atoms in total. The number of hydrogen-bond donors (Lipinski definition) is 2. The Hall–Kier alpha value is -1.78. The fourth-order valence-corrected chi connectivity index (χ4v) is 1.93. The maximum atomic E-state index is 13.6. The molecule has 0 aliphatic heterocycles. The molecule has 0 unspecified atom stereocenters. The summed E-state index contributed by atoms with van der Waals surface area (Å²) in [7, 11) is 0. The van der Waals surface area contributed by atoms with Crippen molar-refractivity contribution in [1.82, 2.24) is 9.97 Å². The van der Waals surface area contributed by atoms with Crippen molar-refractivity contribution in [2.45, 2.75) is 0 Å². The molecule has 2 N–H and O–H groups in total. The normalized spacial score (nSPS) is 10.7. The van der Waals surface area contributed by atoms with Crippen molar-refractivity contribution in [3.63, 3.8) is 0 Å². The van der Waals surface area contributed by atoms with Gasteiger partial charge in [-0.3, -0.25) is 19.7 Å². The highest BCUT2D eigenvalue weighted by molar-refractivity contribution is 14.1. The van der Waals surface area contributed by atoms with Gasteiger partial charge >= 0.3 is 16.8 Å². The Morgan fingerprint density at radius 2 is 1.88 bits per heavy atom. The Morgan fingerprint density at radius 3 is 2.47 bits per heavy atom. The van der Waals surface area contributed by atoms with Gasteiger partial charge in [-0.1, -0.05) is 0 Å². The zero-order valence-electron chi connectivity index (χ0n) is 7.91. The van der Waals surface area contributed by atoms with Crippen molar-refractivity contribution in [1.29, 1.82) is 0 Å². The summed E-state index contributed by atoms with van der Waals surface area (Å²) in [5.41, 5.74) is -3.21. The predicted octanol–water partition coefficient (Wildman–Crippen LogP) is 0.868. The predicted molar refractivity (Wildman–Crippen MR) is 64.5 cm³/mol. The molecule has 0 amide bonds. The number of nitrogens with zero attached hydrogens (tertiary/aromatic N) is 1. The highest BCUT2D eigenvalue weighted by atomic mass is 127. The number of aromatic nitrogens is 2. The molecule has 0 aliphatic rings. The minimum atomic E-state index is -1.07. The van der Waals surface area contributed by atoms with Crippen LogP contribution in [0.25, 0.3) is 11.0 Å². The van der Waals surface area contributed by atoms with Gasteiger partial charge in [0.1, 0.15) is 5.52 Å². The van der Waals surface area contributed by atoms with Gasteiger partial charge in [0.05, 0.1) is 14.0 Å². The first-order valence-electron chi connectivity index (χ1n) is 4.20. The van der Waals surface area contributed by atoms with E-state index in [1.165, 1.54) is 6.07 Å². The SMILES string of the molecule is O=c1[nH]c2cc(I)c(F)c([N+](=O)[O-])c2[nH]c1=O. The lowest BCUT2D eigenvalue weighted by Gasteiger charge is -2.01. The summed E-state index contributed by atoms with van der Waals surface area (Å²) in [4.78, 5) is 36.0. The van der Waals surface area contributed by atoms with E-state index in [9.17, 15) is 24.1 Å². The number of nitrogens with one attached hydrogen (secondary N) is 2. The largest absolute Gasteiger partial charge is 0.331 e. The Bertz CT molecular complexity index is 751. The third-order valence-corrected chi connectivity index (χ3v) is 2.86. The zero-order valence-corrected chi connectivity index (χ0v) is 10.1. The second kappa shape index (κ2) is 3.91. The number of hydrogen-bond acceptors (Lipinski definition) is 4. The second-order valence-electron chi connectivity index (χ2n) is 3.11. The van der Waals surface area contributed by atoms with Crippen LogP contribution in [0.15, 0.2) is 15.7 Å². The summed E-state index contributed by atoms with van der Waals surface area (Å²) in [5, 5.41) is 10.7. The lowest BCUT2D eigenvalue weighted by atomic mass is 10.2. The number of fused-ring (bicyclic) bond motifs is 1. The molecule has 0 spiro atoms. The first-order chi connectivity index (χ1) is 7.91. The first kappa shape index (κ1) is 11.7. The van der Waals surface area contributed by atoms with Gasteiger partial charge in [-0.2, -0.15) is 4.39 Å². The zero-order chi connectivity index (χ0) is 12.7. The highest BCUT2D eigenvalue weighted by Gasteiger charge is 2.23. The summed E-state index contributed by atoms with van der Waals surface area (Å²) in [5.74, 6) is -1.05. The van der Waals surface area contributed by atoms with Crippen molar-refractivity contribution >= 4 is 39.3 Å². The molecule has 0 saturated carbocycles. The van der Waals surface area contributed by atoms with E-state index in [0.717, 1.165) is 0 Å². The summed E-state index contributed by atoms with van der Waals surface area (Å²) in [6.07, 6.45) is 0. The van der Waals surface area contributed by atoms with Crippen LogP contribution in [0.1, 0.15) is 0 Å². The van der Waals surface area contributed by atoms with Crippen LogP contribution in [0, 0.1) is 19.5 Å². The maximum Gasteiger partial charge on any atom is 0.331 e. The number of nitro benzene ring substituents is 1. The van der Waals surface area contributed by atoms with E-state index in [1.54, 1.807) is 22.6 Å². The van der Waals surface area contributed by atoms with Gasteiger partial charge in [0.15, 0.2) is 0 Å². The van der Waals surface area contributed by atoms with E-state index >= 15 is 0 Å². The Balaban J connectivity index is 3.09. The molecule has 1 aromatic carbocycles. The summed E-state index contributed by atoms with van der Waals surface area (Å²) in [6.45, 7) is 0. The van der Waals surface area contributed by atoms with Gasteiger partial charge in [0.2, 0.25) is 5.82 Å². The van der Waals surface area contributed by atoms with Crippen LogP contribution in [0.3, 0.4) is 0 Å². The van der Waals surface area contributed by atoms with Crippen molar-refractivity contribution < 1.29 is 9.31 Å². The first-order valence-corrected chi connectivity index (χ1v) is 5.28. The number of aromatic amines is 2. The quantitative estimate of drug-likeness (QED) is 0.344. The van der Waals surface area contributed by atoms with Crippen molar-refractivity contribution in [2.75, 3.05) is 0 Å². The smallest absolute Gasteiger partial charge is 0.316 e. The summed E-state index contributed by atoms with van der Waals surface area (Å²) in [6, 6.07) is 1.20.